The normalized spacial score (nSPS) is 23.8. The Morgan fingerprint density at radius 1 is 1.28 bits per heavy atom. The van der Waals surface area contributed by atoms with Crippen LogP contribution in [-0.4, -0.2) is 59.5 Å². The summed E-state index contributed by atoms with van der Waals surface area (Å²) in [6.07, 6.45) is 7.83. The van der Waals surface area contributed by atoms with Gasteiger partial charge < -0.3 is 5.11 Å². The number of Topliss-reactive ketones (excluding diaryl/α,β-unsaturated/α-hetero) is 1. The van der Waals surface area contributed by atoms with Crippen LogP contribution in [0.4, 0.5) is 0 Å². The Morgan fingerprint density at radius 2 is 2.08 bits per heavy atom. The standard InChI is InChI=1S/C20H32N2O2S/c1-16(24)20-11-18(15-25-20)12-21-8-9-22(19(14-21)7-10-23)13-17-5-3-2-4-6-17/h11,15,17,19,23H,2-10,12-14H2,1H3. The Kier molecular flexibility index (Phi) is 7.05. The fraction of sp³-hybridized carbons (Fsp3) is 0.750. The Morgan fingerprint density at radius 3 is 2.76 bits per heavy atom. The van der Waals surface area contributed by atoms with Gasteiger partial charge in [0.2, 0.25) is 0 Å². The van der Waals surface area contributed by atoms with Crippen LogP contribution in [0.2, 0.25) is 0 Å². The molecule has 1 aliphatic heterocycles. The zero-order chi connectivity index (χ0) is 17.6. The van der Waals surface area contributed by atoms with Crippen LogP contribution in [0.3, 0.4) is 0 Å². The summed E-state index contributed by atoms with van der Waals surface area (Å²) in [6, 6.07) is 2.51. The lowest BCUT2D eigenvalue weighted by Crippen LogP contribution is -2.54. The maximum Gasteiger partial charge on any atom is 0.169 e. The molecular formula is C20H32N2O2S. The van der Waals surface area contributed by atoms with Gasteiger partial charge in [-0.25, -0.2) is 0 Å². The molecule has 1 aromatic heterocycles. The largest absolute Gasteiger partial charge is 0.396 e. The lowest BCUT2D eigenvalue weighted by Gasteiger charge is -2.43. The van der Waals surface area contributed by atoms with E-state index in [1.54, 1.807) is 18.3 Å². The lowest BCUT2D eigenvalue weighted by molar-refractivity contribution is 0.0401. The zero-order valence-electron chi connectivity index (χ0n) is 15.5. The highest BCUT2D eigenvalue weighted by Crippen LogP contribution is 2.27. The Balaban J connectivity index is 1.55. The molecule has 1 aromatic rings. The van der Waals surface area contributed by atoms with Gasteiger partial charge in [-0.15, -0.1) is 11.3 Å². The second-order valence-corrected chi connectivity index (χ2v) is 8.69. The highest BCUT2D eigenvalue weighted by Gasteiger charge is 2.29. The van der Waals surface area contributed by atoms with Crippen LogP contribution in [0.15, 0.2) is 11.4 Å². The summed E-state index contributed by atoms with van der Waals surface area (Å²) in [4.78, 5) is 17.5. The molecular weight excluding hydrogens is 332 g/mol. The van der Waals surface area contributed by atoms with E-state index < -0.39 is 0 Å². The molecule has 1 atom stereocenters. The Bertz CT molecular complexity index is 554. The lowest BCUT2D eigenvalue weighted by atomic mass is 9.88. The summed E-state index contributed by atoms with van der Waals surface area (Å²) in [7, 11) is 0. The van der Waals surface area contributed by atoms with Crippen LogP contribution in [0.25, 0.3) is 0 Å². The summed E-state index contributed by atoms with van der Waals surface area (Å²) in [5.41, 5.74) is 1.25. The third kappa shape index (κ3) is 5.36. The van der Waals surface area contributed by atoms with Crippen molar-refractivity contribution < 1.29 is 9.90 Å². The van der Waals surface area contributed by atoms with E-state index >= 15 is 0 Å². The third-order valence-electron chi connectivity index (χ3n) is 5.78. The molecule has 0 amide bonds. The number of ketones is 1. The van der Waals surface area contributed by atoms with Crippen molar-refractivity contribution in [2.75, 3.05) is 32.8 Å². The Labute approximate surface area is 155 Å². The number of carbonyl (C=O) groups excluding carboxylic acids is 1. The van der Waals surface area contributed by atoms with Crippen LogP contribution in [0.5, 0.6) is 0 Å². The van der Waals surface area contributed by atoms with Gasteiger partial charge in [-0.2, -0.15) is 0 Å². The molecule has 0 bridgehead atoms. The molecule has 2 fully saturated rings. The molecule has 140 valence electrons. The van der Waals surface area contributed by atoms with Crippen molar-refractivity contribution in [3.05, 3.63) is 21.9 Å². The van der Waals surface area contributed by atoms with Gasteiger partial charge in [0.25, 0.3) is 0 Å². The van der Waals surface area contributed by atoms with E-state index in [-0.39, 0.29) is 12.4 Å². The molecule has 2 heterocycles. The molecule has 5 heteroatoms. The maximum absolute atomic E-state index is 11.5. The molecule has 0 aromatic carbocycles. The van der Waals surface area contributed by atoms with Crippen molar-refractivity contribution in [1.82, 2.24) is 9.80 Å². The molecule has 1 aliphatic carbocycles. The van der Waals surface area contributed by atoms with Gasteiger partial charge in [0.05, 0.1) is 4.88 Å². The fourth-order valence-electron chi connectivity index (χ4n) is 4.37. The number of carbonyl (C=O) groups is 1. The summed E-state index contributed by atoms with van der Waals surface area (Å²) in [5.74, 6) is 1.02. The average molecular weight is 365 g/mol. The van der Waals surface area contributed by atoms with Crippen molar-refractivity contribution >= 4 is 17.1 Å². The first-order valence-electron chi connectivity index (χ1n) is 9.81. The number of thiophene rings is 1. The highest BCUT2D eigenvalue weighted by atomic mass is 32.1. The smallest absolute Gasteiger partial charge is 0.169 e. The van der Waals surface area contributed by atoms with Crippen LogP contribution in [0.1, 0.15) is 60.7 Å². The molecule has 1 N–H and O–H groups in total. The minimum atomic E-state index is 0.159. The van der Waals surface area contributed by atoms with Crippen LogP contribution >= 0.6 is 11.3 Å². The summed E-state index contributed by atoms with van der Waals surface area (Å²) in [5, 5.41) is 11.6. The second-order valence-electron chi connectivity index (χ2n) is 7.78. The first-order chi connectivity index (χ1) is 12.2. The van der Waals surface area contributed by atoms with Gasteiger partial charge in [-0.3, -0.25) is 14.6 Å². The number of nitrogens with zero attached hydrogens (tertiary/aromatic N) is 2. The van der Waals surface area contributed by atoms with E-state index in [2.05, 4.69) is 15.2 Å². The molecule has 1 saturated heterocycles. The molecule has 0 spiro atoms. The molecule has 2 aliphatic rings. The van der Waals surface area contributed by atoms with Crippen molar-refractivity contribution in [2.24, 2.45) is 5.92 Å². The highest BCUT2D eigenvalue weighted by molar-refractivity contribution is 7.12. The van der Waals surface area contributed by atoms with E-state index in [0.29, 0.717) is 6.04 Å². The van der Waals surface area contributed by atoms with E-state index in [4.69, 9.17) is 0 Å². The van der Waals surface area contributed by atoms with Gasteiger partial charge in [0, 0.05) is 45.4 Å². The van der Waals surface area contributed by atoms with Crippen molar-refractivity contribution in [2.45, 2.75) is 58.0 Å². The number of hydrogen-bond acceptors (Lipinski definition) is 5. The number of hydrogen-bond donors (Lipinski definition) is 1. The molecule has 25 heavy (non-hydrogen) atoms. The Hall–Kier alpha value is -0.750. The van der Waals surface area contributed by atoms with Crippen molar-refractivity contribution in [3.8, 4) is 0 Å². The number of aliphatic hydroxyl groups excluding tert-OH is 1. The fourth-order valence-corrected chi connectivity index (χ4v) is 5.17. The number of rotatable bonds is 7. The van der Waals surface area contributed by atoms with E-state index in [1.165, 1.54) is 44.2 Å². The summed E-state index contributed by atoms with van der Waals surface area (Å²) in [6.45, 7) is 7.25. The number of piperazine rings is 1. The second kappa shape index (κ2) is 9.26. The van der Waals surface area contributed by atoms with Crippen LogP contribution < -0.4 is 0 Å². The molecule has 0 radical (unpaired) electrons. The summed E-state index contributed by atoms with van der Waals surface area (Å²) >= 11 is 1.55. The van der Waals surface area contributed by atoms with Crippen LogP contribution in [0, 0.1) is 5.92 Å². The third-order valence-corrected chi connectivity index (χ3v) is 6.86. The average Bonchev–Trinajstić information content (AvgIpc) is 3.07. The first kappa shape index (κ1) is 19.0. The molecule has 4 nitrogen and oxygen atoms in total. The monoisotopic (exact) mass is 364 g/mol. The number of aliphatic hydroxyl groups is 1. The first-order valence-corrected chi connectivity index (χ1v) is 10.7. The van der Waals surface area contributed by atoms with Gasteiger partial charge in [-0.1, -0.05) is 19.3 Å². The van der Waals surface area contributed by atoms with Crippen LogP contribution in [-0.2, 0) is 6.54 Å². The summed E-state index contributed by atoms with van der Waals surface area (Å²) < 4.78 is 0. The van der Waals surface area contributed by atoms with Gasteiger partial charge in [0.15, 0.2) is 5.78 Å². The quantitative estimate of drug-likeness (QED) is 0.753. The zero-order valence-corrected chi connectivity index (χ0v) is 16.3. The predicted molar refractivity (Wildman–Crippen MR) is 103 cm³/mol. The predicted octanol–water partition coefficient (Wildman–Crippen LogP) is 3.40. The van der Waals surface area contributed by atoms with Gasteiger partial charge in [0.1, 0.15) is 0 Å². The topological polar surface area (TPSA) is 43.8 Å². The van der Waals surface area contributed by atoms with Crippen molar-refractivity contribution in [3.63, 3.8) is 0 Å². The molecule has 1 saturated carbocycles. The minimum Gasteiger partial charge on any atom is -0.396 e. The van der Waals surface area contributed by atoms with Crippen molar-refractivity contribution in [1.29, 1.82) is 0 Å². The minimum absolute atomic E-state index is 0.159. The van der Waals surface area contributed by atoms with Gasteiger partial charge >= 0.3 is 0 Å². The maximum atomic E-state index is 11.5. The van der Waals surface area contributed by atoms with E-state index in [1.807, 2.05) is 6.07 Å². The van der Waals surface area contributed by atoms with E-state index in [9.17, 15) is 9.90 Å². The van der Waals surface area contributed by atoms with E-state index in [0.717, 1.165) is 43.4 Å². The SMILES string of the molecule is CC(=O)c1cc(CN2CCN(CC3CCCCC3)C(CCO)C2)cs1. The molecule has 1 unspecified atom stereocenters. The molecule has 3 rings (SSSR count). The van der Waals surface area contributed by atoms with Gasteiger partial charge in [-0.05, 0) is 49.1 Å².